The molecule has 1 N–H and O–H groups in total. The summed E-state index contributed by atoms with van der Waals surface area (Å²) in [5.41, 5.74) is 1.39. The molecule has 0 amide bonds. The lowest BCUT2D eigenvalue weighted by atomic mass is 9.98. The van der Waals surface area contributed by atoms with Gasteiger partial charge in [-0.3, -0.25) is 9.80 Å². The van der Waals surface area contributed by atoms with E-state index in [-0.39, 0.29) is 0 Å². The molecule has 1 aromatic heterocycles. The van der Waals surface area contributed by atoms with Crippen molar-refractivity contribution in [1.29, 1.82) is 0 Å². The number of hydrogen-bond acceptors (Lipinski definition) is 5. The molecule has 3 aliphatic heterocycles. The maximum Gasteiger partial charge on any atom is 0.112 e. The molecule has 5 heteroatoms. The molecule has 2 atom stereocenters. The van der Waals surface area contributed by atoms with Gasteiger partial charge in [0, 0.05) is 43.6 Å². The van der Waals surface area contributed by atoms with Gasteiger partial charge in [-0.05, 0) is 25.8 Å². The van der Waals surface area contributed by atoms with Gasteiger partial charge in [-0.2, -0.15) is 0 Å². The zero-order valence-corrected chi connectivity index (χ0v) is 13.1. The third-order valence-electron chi connectivity index (χ3n) is 4.98. The van der Waals surface area contributed by atoms with Crippen LogP contribution in [0.25, 0.3) is 0 Å². The molecule has 4 nitrogen and oxygen atoms in total. The smallest absolute Gasteiger partial charge is 0.112 e. The fraction of sp³-hybridized carbons (Fsp3) is 0.800. The van der Waals surface area contributed by atoms with Crippen LogP contribution in [0.5, 0.6) is 0 Å². The summed E-state index contributed by atoms with van der Waals surface area (Å²) in [6, 6.07) is 1.13. The molecule has 1 aliphatic carbocycles. The van der Waals surface area contributed by atoms with Gasteiger partial charge in [-0.1, -0.05) is 6.92 Å². The number of rotatable bonds is 3. The van der Waals surface area contributed by atoms with Gasteiger partial charge in [0.15, 0.2) is 0 Å². The SMILES string of the molecule is CCNC1CCCc2nc(C3CN4CCN3CC4)sc21. The van der Waals surface area contributed by atoms with Crippen LogP contribution in [0, 0.1) is 0 Å². The van der Waals surface area contributed by atoms with E-state index in [4.69, 9.17) is 4.98 Å². The molecule has 3 saturated heterocycles. The van der Waals surface area contributed by atoms with Crippen molar-refractivity contribution in [1.82, 2.24) is 20.1 Å². The molecule has 1 aromatic rings. The minimum absolute atomic E-state index is 0.561. The van der Waals surface area contributed by atoms with Crippen molar-refractivity contribution in [3.63, 3.8) is 0 Å². The van der Waals surface area contributed by atoms with Crippen molar-refractivity contribution in [3.8, 4) is 0 Å². The summed E-state index contributed by atoms with van der Waals surface area (Å²) in [4.78, 5) is 11.8. The predicted octanol–water partition coefficient (Wildman–Crippen LogP) is 1.80. The Hall–Kier alpha value is -0.490. The number of hydrogen-bond donors (Lipinski definition) is 1. The van der Waals surface area contributed by atoms with E-state index in [1.54, 1.807) is 0 Å². The van der Waals surface area contributed by atoms with Crippen LogP contribution in [-0.2, 0) is 6.42 Å². The average molecular weight is 292 g/mol. The molecular weight excluding hydrogens is 268 g/mol. The summed E-state index contributed by atoms with van der Waals surface area (Å²) in [6.07, 6.45) is 3.75. The predicted molar refractivity (Wildman–Crippen MR) is 82.2 cm³/mol. The first-order chi connectivity index (χ1) is 9.85. The van der Waals surface area contributed by atoms with Crippen LogP contribution in [0.4, 0.5) is 0 Å². The number of aryl methyl sites for hydroxylation is 1. The van der Waals surface area contributed by atoms with Crippen LogP contribution >= 0.6 is 11.3 Å². The molecule has 0 aromatic carbocycles. The first kappa shape index (κ1) is 13.2. The molecule has 20 heavy (non-hydrogen) atoms. The van der Waals surface area contributed by atoms with E-state index in [0.29, 0.717) is 12.1 Å². The van der Waals surface area contributed by atoms with E-state index >= 15 is 0 Å². The maximum atomic E-state index is 5.04. The third kappa shape index (κ3) is 2.21. The number of thiazole rings is 1. The van der Waals surface area contributed by atoms with E-state index in [2.05, 4.69) is 22.0 Å². The van der Waals surface area contributed by atoms with Gasteiger partial charge >= 0.3 is 0 Å². The van der Waals surface area contributed by atoms with Gasteiger partial charge in [0.25, 0.3) is 0 Å². The second-order valence-electron chi connectivity index (χ2n) is 6.22. The van der Waals surface area contributed by atoms with Gasteiger partial charge in [0.2, 0.25) is 0 Å². The minimum atomic E-state index is 0.561. The van der Waals surface area contributed by atoms with Crippen molar-refractivity contribution in [2.45, 2.75) is 38.3 Å². The fourth-order valence-electron chi connectivity index (χ4n) is 3.87. The topological polar surface area (TPSA) is 31.4 Å². The monoisotopic (exact) mass is 292 g/mol. The molecule has 110 valence electrons. The molecule has 2 bridgehead atoms. The second-order valence-corrected chi connectivity index (χ2v) is 7.28. The van der Waals surface area contributed by atoms with Gasteiger partial charge < -0.3 is 5.32 Å². The highest BCUT2D eigenvalue weighted by Gasteiger charge is 2.36. The molecular formula is C15H24N4S. The van der Waals surface area contributed by atoms with Gasteiger partial charge in [-0.15, -0.1) is 11.3 Å². The molecule has 2 unspecified atom stereocenters. The quantitative estimate of drug-likeness (QED) is 0.920. The number of fused-ring (bicyclic) bond motifs is 4. The average Bonchev–Trinajstić information content (AvgIpc) is 2.94. The Labute approximate surface area is 125 Å². The summed E-state index contributed by atoms with van der Waals surface area (Å²) in [7, 11) is 0. The van der Waals surface area contributed by atoms with E-state index in [9.17, 15) is 0 Å². The van der Waals surface area contributed by atoms with Crippen molar-refractivity contribution in [2.24, 2.45) is 0 Å². The zero-order valence-electron chi connectivity index (χ0n) is 12.3. The Bertz CT molecular complexity index is 478. The summed E-state index contributed by atoms with van der Waals surface area (Å²) in [5.74, 6) is 0. The lowest BCUT2D eigenvalue weighted by Crippen LogP contribution is -2.56. The molecule has 4 aliphatic rings. The highest BCUT2D eigenvalue weighted by Crippen LogP contribution is 2.39. The first-order valence-electron chi connectivity index (χ1n) is 8.04. The molecule has 0 spiro atoms. The minimum Gasteiger partial charge on any atom is -0.309 e. The largest absolute Gasteiger partial charge is 0.309 e. The molecule has 0 saturated carbocycles. The highest BCUT2D eigenvalue weighted by atomic mass is 32.1. The van der Waals surface area contributed by atoms with Crippen LogP contribution in [-0.4, -0.2) is 54.1 Å². The van der Waals surface area contributed by atoms with E-state index in [0.717, 1.165) is 6.54 Å². The standard InChI is InChI=1S/C15H24N4S/c1-2-16-11-4-3-5-12-14(11)20-15(17-12)13-10-18-6-8-19(13)9-7-18/h11,13,16H,2-10H2,1H3. The van der Waals surface area contributed by atoms with E-state index < -0.39 is 0 Å². The van der Waals surface area contributed by atoms with Crippen LogP contribution in [0.1, 0.15) is 47.4 Å². The number of nitrogens with one attached hydrogen (secondary N) is 1. The normalized spacial score (nSPS) is 36.0. The van der Waals surface area contributed by atoms with Gasteiger partial charge in [-0.25, -0.2) is 4.98 Å². The Morgan fingerprint density at radius 1 is 1.30 bits per heavy atom. The fourth-order valence-corrected chi connectivity index (χ4v) is 5.22. The Balaban J connectivity index is 1.60. The van der Waals surface area contributed by atoms with Crippen molar-refractivity contribution < 1.29 is 0 Å². The van der Waals surface area contributed by atoms with E-state index in [1.165, 1.54) is 67.6 Å². The summed E-state index contributed by atoms with van der Waals surface area (Å²) in [5, 5.41) is 5.02. The summed E-state index contributed by atoms with van der Waals surface area (Å²) < 4.78 is 0. The maximum absolute atomic E-state index is 5.04. The van der Waals surface area contributed by atoms with Crippen molar-refractivity contribution in [3.05, 3.63) is 15.6 Å². The summed E-state index contributed by atoms with van der Waals surface area (Å²) >= 11 is 1.99. The van der Waals surface area contributed by atoms with Crippen LogP contribution in [0.3, 0.4) is 0 Å². The van der Waals surface area contributed by atoms with Gasteiger partial charge in [0.05, 0.1) is 11.7 Å². The van der Waals surface area contributed by atoms with Crippen LogP contribution < -0.4 is 5.32 Å². The molecule has 4 heterocycles. The second kappa shape index (κ2) is 5.37. The van der Waals surface area contributed by atoms with Crippen LogP contribution in [0.15, 0.2) is 0 Å². The summed E-state index contributed by atoms with van der Waals surface area (Å²) in [6.45, 7) is 9.41. The Morgan fingerprint density at radius 3 is 2.85 bits per heavy atom. The number of aromatic nitrogens is 1. The van der Waals surface area contributed by atoms with E-state index in [1.807, 2.05) is 11.3 Å². The van der Waals surface area contributed by atoms with Crippen molar-refractivity contribution >= 4 is 11.3 Å². The number of piperazine rings is 3. The van der Waals surface area contributed by atoms with Gasteiger partial charge in [0.1, 0.15) is 5.01 Å². The third-order valence-corrected chi connectivity index (χ3v) is 6.29. The zero-order chi connectivity index (χ0) is 13.5. The number of nitrogens with zero attached hydrogens (tertiary/aromatic N) is 3. The molecule has 0 radical (unpaired) electrons. The first-order valence-corrected chi connectivity index (χ1v) is 8.86. The Morgan fingerprint density at radius 2 is 2.15 bits per heavy atom. The molecule has 3 fully saturated rings. The molecule has 5 rings (SSSR count). The van der Waals surface area contributed by atoms with Crippen molar-refractivity contribution in [2.75, 3.05) is 39.3 Å². The lowest BCUT2D eigenvalue weighted by Gasteiger charge is -2.46. The Kier molecular flexibility index (Phi) is 3.54. The van der Waals surface area contributed by atoms with Crippen LogP contribution in [0.2, 0.25) is 0 Å². The highest BCUT2D eigenvalue weighted by molar-refractivity contribution is 7.12. The lowest BCUT2D eigenvalue weighted by molar-refractivity contribution is 0.0122.